The van der Waals surface area contributed by atoms with Crippen molar-refractivity contribution in [2.45, 2.75) is 0 Å². The molecule has 0 aliphatic rings. The summed E-state index contributed by atoms with van der Waals surface area (Å²) >= 11 is 0. The maximum absolute atomic E-state index is 6.55. The minimum absolute atomic E-state index is 0.621. The number of para-hydroxylation sites is 2. The molecule has 0 fully saturated rings. The zero-order valence-electron chi connectivity index (χ0n) is 78.9. The molecule has 0 N–H and O–H groups in total. The topological polar surface area (TPSA) is 114 Å². The van der Waals surface area contributed by atoms with E-state index in [9.17, 15) is 0 Å². The molecule has 0 aliphatic heterocycles. The molecule has 29 aromatic rings. The van der Waals surface area contributed by atoms with Gasteiger partial charge >= 0.3 is 0 Å². The van der Waals surface area contributed by atoms with Gasteiger partial charge in [0, 0.05) is 112 Å². The van der Waals surface area contributed by atoms with Crippen LogP contribution in [0.5, 0.6) is 0 Å². The number of fused-ring (bicyclic) bond motifs is 21. The lowest BCUT2D eigenvalue weighted by Crippen LogP contribution is -2.10. The molecule has 0 unspecified atom stereocenters. The van der Waals surface area contributed by atoms with Gasteiger partial charge in [-0.05, 0) is 275 Å². The number of hydrogen-bond acceptors (Lipinski definition) is 11. The van der Waals surface area contributed by atoms with Crippen LogP contribution in [-0.4, -0.2) is 15.0 Å². The van der Waals surface area contributed by atoms with Crippen molar-refractivity contribution < 1.29 is 22.1 Å². The van der Waals surface area contributed by atoms with Gasteiger partial charge in [-0.2, -0.15) is 0 Å². The van der Waals surface area contributed by atoms with Gasteiger partial charge < -0.3 is 36.8 Å². The molecule has 0 saturated carbocycles. The van der Waals surface area contributed by atoms with Crippen molar-refractivity contribution >= 4 is 193 Å². The van der Waals surface area contributed by atoms with Crippen LogP contribution in [0, 0.1) is 0 Å². The average Bonchev–Trinajstić information content (AvgIpc) is 1.21. The molecule has 686 valence electrons. The highest BCUT2D eigenvalue weighted by atomic mass is 16.4. The van der Waals surface area contributed by atoms with Crippen LogP contribution in [-0.2, 0) is 0 Å². The molecular weight excluding hydrogens is 1790 g/mol. The fraction of sp³-hybridized carbons (Fsp3) is 0. The number of anilines is 9. The van der Waals surface area contributed by atoms with E-state index in [1.807, 2.05) is 140 Å². The monoisotopic (exact) mass is 1870 g/mol. The smallest absolute Gasteiger partial charge is 0.227 e. The summed E-state index contributed by atoms with van der Waals surface area (Å²) in [4.78, 5) is 21.6. The molecule has 0 spiro atoms. The van der Waals surface area contributed by atoms with Crippen molar-refractivity contribution in [3.05, 3.63) is 522 Å². The van der Waals surface area contributed by atoms with Crippen LogP contribution in [0.2, 0.25) is 0 Å². The Morgan fingerprint density at radius 2 is 0.384 bits per heavy atom. The molecule has 0 radical (unpaired) electrons. The number of furan rings is 2. The predicted octanol–water partition coefficient (Wildman–Crippen LogP) is 38.3. The first-order chi connectivity index (χ1) is 72.3. The largest absolute Gasteiger partial charge is 0.456 e. The molecule has 0 atom stereocenters. The van der Waals surface area contributed by atoms with E-state index in [1.165, 1.54) is 44.5 Å². The molecule has 5 heterocycles. The summed E-state index contributed by atoms with van der Waals surface area (Å²) in [6.45, 7) is 0. The lowest BCUT2D eigenvalue weighted by Gasteiger charge is -2.27. The van der Waals surface area contributed by atoms with E-state index in [1.54, 1.807) is 0 Å². The van der Waals surface area contributed by atoms with Crippen LogP contribution in [0.15, 0.2) is 544 Å². The van der Waals surface area contributed by atoms with Gasteiger partial charge in [0.15, 0.2) is 16.7 Å². The summed E-state index contributed by atoms with van der Waals surface area (Å²) in [6.07, 6.45) is 0. The zero-order chi connectivity index (χ0) is 96.5. The standard InChI is InChI=1S/2C45H28N2O2.C45H30N2O/c1-3-9-29(10-4-1)30-17-21-34(22-18-30)47(36-24-25-38-37-13-7-8-14-41(37)48-42(38)28-36)35-23-19-31-15-16-32-20-26-40-44(43(32)39(31)27-35)49-45(46-40)33-11-5-2-6-12-33;1-3-9-29(10-4-1)30-17-21-34(22-18-30)47(36-24-26-42-39(28-36)37-13-7-8-14-41(37)48-42)35-23-19-31-15-16-32-20-25-40-44(43(32)38(31)27-35)49-45(46-40)33-11-5-2-6-12-33;1-4-11-31(12-5-1)33-21-25-38(26-22-33)47(39-18-10-17-37(29-39)32-13-6-2-7-14-32)40-27-23-34-19-20-35-24-28-42-44(43(35)41(34)30-40)48-45(46-42)36-15-8-3-9-16-36/h2*1-28H;1-30H. The SMILES string of the molecule is c1ccc(-c2ccc(N(c3ccc4c(c3)oc3ccccc34)c3ccc4ccc5ccc6nc(-c7ccccc7)oc6c5c4c3)cc2)cc1.c1ccc(-c2ccc(N(c3ccc4oc5ccccc5c4c3)c3ccc4ccc5ccc6nc(-c7ccccc7)oc6c5c4c3)cc2)cc1.c1ccc(-c2ccc(N(c3cccc(-c4ccccc4)c3)c3ccc4ccc5ccc6nc(-c7ccccc7)oc6c5c4c3)cc2)cc1. The summed E-state index contributed by atoms with van der Waals surface area (Å²) < 4.78 is 32.2. The first-order valence-corrected chi connectivity index (χ1v) is 49.1. The minimum Gasteiger partial charge on any atom is -0.456 e. The van der Waals surface area contributed by atoms with E-state index in [0.717, 1.165) is 210 Å². The van der Waals surface area contributed by atoms with Crippen LogP contribution in [0.25, 0.3) is 221 Å². The van der Waals surface area contributed by atoms with Gasteiger partial charge in [-0.25, -0.2) is 15.0 Å². The molecule has 146 heavy (non-hydrogen) atoms. The molecular formula is C135H86N6O5. The highest BCUT2D eigenvalue weighted by Gasteiger charge is 2.26. The molecule has 0 amide bonds. The van der Waals surface area contributed by atoms with Gasteiger partial charge in [0.1, 0.15) is 38.9 Å². The van der Waals surface area contributed by atoms with Crippen LogP contribution in [0.4, 0.5) is 51.2 Å². The average molecular weight is 1870 g/mol. The second-order valence-electron chi connectivity index (χ2n) is 36.8. The van der Waals surface area contributed by atoms with Crippen molar-refractivity contribution in [1.82, 2.24) is 15.0 Å². The second-order valence-corrected chi connectivity index (χ2v) is 36.8. The molecule has 11 nitrogen and oxygen atoms in total. The van der Waals surface area contributed by atoms with Gasteiger partial charge in [-0.15, -0.1) is 0 Å². The van der Waals surface area contributed by atoms with Crippen LogP contribution in [0.1, 0.15) is 0 Å². The van der Waals surface area contributed by atoms with E-state index in [2.05, 4.69) is 397 Å². The third kappa shape index (κ3) is 15.8. The Labute approximate surface area is 839 Å². The number of oxazole rings is 3. The van der Waals surface area contributed by atoms with Gasteiger partial charge in [-0.3, -0.25) is 0 Å². The van der Waals surface area contributed by atoms with Crippen LogP contribution < -0.4 is 14.7 Å². The third-order valence-corrected chi connectivity index (χ3v) is 28.0. The molecule has 0 bridgehead atoms. The van der Waals surface area contributed by atoms with Crippen molar-refractivity contribution in [3.8, 4) is 78.9 Å². The fourth-order valence-corrected chi connectivity index (χ4v) is 20.9. The Balaban J connectivity index is 0.000000109. The van der Waals surface area contributed by atoms with Crippen molar-refractivity contribution in [1.29, 1.82) is 0 Å². The maximum atomic E-state index is 6.55. The van der Waals surface area contributed by atoms with E-state index in [0.29, 0.717) is 17.7 Å². The Bertz CT molecular complexity index is 9990. The van der Waals surface area contributed by atoms with E-state index >= 15 is 0 Å². The Hall–Kier alpha value is -19.8. The van der Waals surface area contributed by atoms with Gasteiger partial charge in [-0.1, -0.05) is 334 Å². The number of nitrogens with zero attached hydrogens (tertiary/aromatic N) is 6. The maximum Gasteiger partial charge on any atom is 0.227 e. The fourth-order valence-electron chi connectivity index (χ4n) is 20.9. The van der Waals surface area contributed by atoms with E-state index in [-0.39, 0.29) is 0 Å². The number of rotatable bonds is 16. The Morgan fingerprint density at radius 1 is 0.137 bits per heavy atom. The summed E-state index contributed by atoms with van der Waals surface area (Å²) in [7, 11) is 0. The Morgan fingerprint density at radius 3 is 0.760 bits per heavy atom. The zero-order valence-corrected chi connectivity index (χ0v) is 78.9. The van der Waals surface area contributed by atoms with Crippen molar-refractivity contribution in [3.63, 3.8) is 0 Å². The molecule has 24 aromatic carbocycles. The summed E-state index contributed by atoms with van der Waals surface area (Å²) in [5, 5.41) is 17.7. The number of hydrogen-bond donors (Lipinski definition) is 0. The number of benzene rings is 24. The number of aromatic nitrogens is 3. The predicted molar refractivity (Wildman–Crippen MR) is 604 cm³/mol. The first kappa shape index (κ1) is 85.4. The normalized spacial score (nSPS) is 11.6. The third-order valence-electron chi connectivity index (χ3n) is 28.0. The van der Waals surface area contributed by atoms with E-state index in [4.69, 9.17) is 37.0 Å². The second kappa shape index (κ2) is 36.5. The molecule has 29 rings (SSSR count). The minimum atomic E-state index is 0.621. The van der Waals surface area contributed by atoms with Gasteiger partial charge in [0.05, 0.1) is 0 Å². The lowest BCUT2D eigenvalue weighted by atomic mass is 9.99. The van der Waals surface area contributed by atoms with Gasteiger partial charge in [0.2, 0.25) is 17.7 Å². The van der Waals surface area contributed by atoms with E-state index < -0.39 is 0 Å². The Kier molecular flexibility index (Phi) is 21.3. The van der Waals surface area contributed by atoms with Crippen LogP contribution >= 0.6 is 0 Å². The summed E-state index contributed by atoms with van der Waals surface area (Å²) in [6, 6.07) is 183. The van der Waals surface area contributed by atoms with Crippen LogP contribution in [0.3, 0.4) is 0 Å². The van der Waals surface area contributed by atoms with Gasteiger partial charge in [0.25, 0.3) is 0 Å². The first-order valence-electron chi connectivity index (χ1n) is 49.1. The highest BCUT2D eigenvalue weighted by molar-refractivity contribution is 6.22. The van der Waals surface area contributed by atoms with Crippen molar-refractivity contribution in [2.24, 2.45) is 0 Å². The molecule has 11 heteroatoms. The molecule has 0 saturated heterocycles. The lowest BCUT2D eigenvalue weighted by molar-refractivity contribution is 0.623. The molecule has 0 aliphatic carbocycles. The molecule has 5 aromatic heterocycles. The summed E-state index contributed by atoms with van der Waals surface area (Å²) in [5.74, 6) is 1.87. The van der Waals surface area contributed by atoms with Crippen molar-refractivity contribution in [2.75, 3.05) is 14.7 Å². The highest BCUT2D eigenvalue weighted by Crippen LogP contribution is 2.49. The quantitative estimate of drug-likeness (QED) is 0.0862. The summed E-state index contributed by atoms with van der Waals surface area (Å²) in [5.41, 5.74) is 30.2.